The van der Waals surface area contributed by atoms with Gasteiger partial charge < -0.3 is 0 Å². The molecule has 3 rings (SSSR count). The van der Waals surface area contributed by atoms with Crippen molar-refractivity contribution in [1.82, 2.24) is 14.8 Å². The Hall–Kier alpha value is -2.56. The quantitative estimate of drug-likeness (QED) is 0.736. The van der Waals surface area contributed by atoms with Gasteiger partial charge in [-0.1, -0.05) is 0 Å². The van der Waals surface area contributed by atoms with Gasteiger partial charge in [-0.3, -0.25) is 9.67 Å². The molecule has 0 amide bonds. The molecule has 0 N–H and O–H groups in total. The van der Waals surface area contributed by atoms with Crippen molar-refractivity contribution < 1.29 is 8.78 Å². The Morgan fingerprint density at radius 2 is 2.00 bits per heavy atom. The topological polar surface area (TPSA) is 30.7 Å². The molecule has 106 valence electrons. The van der Waals surface area contributed by atoms with Gasteiger partial charge in [-0.05, 0) is 42.3 Å². The van der Waals surface area contributed by atoms with Crippen molar-refractivity contribution in [3.8, 4) is 11.3 Å². The van der Waals surface area contributed by atoms with Crippen LogP contribution in [-0.4, -0.2) is 14.8 Å². The van der Waals surface area contributed by atoms with Crippen LogP contribution < -0.4 is 0 Å². The van der Waals surface area contributed by atoms with Gasteiger partial charge in [0.1, 0.15) is 11.6 Å². The Morgan fingerprint density at radius 3 is 2.76 bits per heavy atom. The number of nitrogens with zero attached hydrogens (tertiary/aromatic N) is 3. The van der Waals surface area contributed by atoms with Gasteiger partial charge in [0.2, 0.25) is 0 Å². The molecule has 0 unspecified atom stereocenters. The van der Waals surface area contributed by atoms with Gasteiger partial charge in [-0.15, -0.1) is 0 Å². The first-order valence-corrected chi connectivity index (χ1v) is 6.52. The van der Waals surface area contributed by atoms with E-state index in [2.05, 4.69) is 10.1 Å². The Kier molecular flexibility index (Phi) is 3.48. The van der Waals surface area contributed by atoms with Crippen molar-refractivity contribution in [3.63, 3.8) is 0 Å². The third-order valence-electron chi connectivity index (χ3n) is 3.33. The van der Waals surface area contributed by atoms with Crippen molar-refractivity contribution in [2.24, 2.45) is 0 Å². The van der Waals surface area contributed by atoms with Crippen LogP contribution in [0, 0.1) is 18.6 Å². The van der Waals surface area contributed by atoms with Crippen molar-refractivity contribution in [2.45, 2.75) is 13.5 Å². The second kappa shape index (κ2) is 5.44. The van der Waals surface area contributed by atoms with E-state index in [1.807, 2.05) is 13.0 Å². The van der Waals surface area contributed by atoms with E-state index in [4.69, 9.17) is 0 Å². The molecule has 0 saturated carbocycles. The van der Waals surface area contributed by atoms with Crippen LogP contribution in [0.2, 0.25) is 0 Å². The van der Waals surface area contributed by atoms with Crippen LogP contribution in [-0.2, 0) is 6.54 Å². The van der Waals surface area contributed by atoms with Crippen LogP contribution in [0.3, 0.4) is 0 Å². The zero-order valence-corrected chi connectivity index (χ0v) is 11.4. The molecule has 21 heavy (non-hydrogen) atoms. The highest BCUT2D eigenvalue weighted by Crippen LogP contribution is 2.21. The lowest BCUT2D eigenvalue weighted by Crippen LogP contribution is -2.02. The Morgan fingerprint density at radius 1 is 1.14 bits per heavy atom. The van der Waals surface area contributed by atoms with Crippen LogP contribution in [0.1, 0.15) is 11.1 Å². The van der Waals surface area contributed by atoms with Crippen LogP contribution in [0.5, 0.6) is 0 Å². The van der Waals surface area contributed by atoms with Gasteiger partial charge >= 0.3 is 0 Å². The van der Waals surface area contributed by atoms with Gasteiger partial charge in [0.25, 0.3) is 0 Å². The fourth-order valence-corrected chi connectivity index (χ4v) is 2.13. The van der Waals surface area contributed by atoms with Gasteiger partial charge in [0.05, 0.1) is 12.2 Å². The van der Waals surface area contributed by atoms with E-state index in [1.165, 1.54) is 12.1 Å². The molecule has 0 aliphatic carbocycles. The number of rotatable bonds is 3. The van der Waals surface area contributed by atoms with Gasteiger partial charge in [-0.25, -0.2) is 8.78 Å². The van der Waals surface area contributed by atoms with E-state index in [0.29, 0.717) is 12.2 Å². The van der Waals surface area contributed by atoms with Gasteiger partial charge in [0, 0.05) is 30.2 Å². The summed E-state index contributed by atoms with van der Waals surface area (Å²) in [5.74, 6) is -1.21. The molecule has 0 aliphatic rings. The van der Waals surface area contributed by atoms with Crippen molar-refractivity contribution in [1.29, 1.82) is 0 Å². The number of aryl methyl sites for hydroxylation is 1. The number of benzene rings is 1. The second-order valence-electron chi connectivity index (χ2n) is 4.82. The van der Waals surface area contributed by atoms with Gasteiger partial charge in [-0.2, -0.15) is 5.10 Å². The van der Waals surface area contributed by atoms with E-state index in [1.54, 1.807) is 29.3 Å². The van der Waals surface area contributed by atoms with E-state index < -0.39 is 11.6 Å². The first-order chi connectivity index (χ1) is 10.1. The van der Waals surface area contributed by atoms with Gasteiger partial charge in [0.15, 0.2) is 0 Å². The molecule has 0 bridgehead atoms. The molecule has 0 radical (unpaired) electrons. The zero-order valence-electron chi connectivity index (χ0n) is 11.4. The number of hydrogen-bond donors (Lipinski definition) is 0. The minimum atomic E-state index is -0.613. The SMILES string of the molecule is Cc1ccncc1Cn1ccc(-c2ccc(F)cc2F)n1. The Bertz CT molecular complexity index is 781. The molecule has 1 aromatic carbocycles. The van der Waals surface area contributed by atoms with Crippen molar-refractivity contribution >= 4 is 0 Å². The summed E-state index contributed by atoms with van der Waals surface area (Å²) in [6.07, 6.45) is 5.29. The maximum absolute atomic E-state index is 13.7. The predicted octanol–water partition coefficient (Wildman–Crippen LogP) is 3.58. The highest BCUT2D eigenvalue weighted by atomic mass is 19.1. The monoisotopic (exact) mass is 285 g/mol. The third-order valence-corrected chi connectivity index (χ3v) is 3.33. The maximum atomic E-state index is 13.7. The summed E-state index contributed by atoms with van der Waals surface area (Å²) in [5, 5.41) is 4.33. The molecule has 0 spiro atoms. The molecular weight excluding hydrogens is 272 g/mol. The van der Waals surface area contributed by atoms with Crippen molar-refractivity contribution in [2.75, 3.05) is 0 Å². The lowest BCUT2D eigenvalue weighted by molar-refractivity contribution is 0.584. The highest BCUT2D eigenvalue weighted by Gasteiger charge is 2.10. The average molecular weight is 285 g/mol. The summed E-state index contributed by atoms with van der Waals surface area (Å²) < 4.78 is 28.4. The van der Waals surface area contributed by atoms with E-state index >= 15 is 0 Å². The molecule has 5 heteroatoms. The molecule has 2 aromatic heterocycles. The molecular formula is C16H13F2N3. The minimum absolute atomic E-state index is 0.290. The molecule has 3 nitrogen and oxygen atoms in total. The lowest BCUT2D eigenvalue weighted by atomic mass is 10.1. The maximum Gasteiger partial charge on any atom is 0.135 e. The molecule has 2 heterocycles. The Labute approximate surface area is 120 Å². The molecule has 0 fully saturated rings. The number of aromatic nitrogens is 3. The summed E-state index contributed by atoms with van der Waals surface area (Å²) in [5.41, 5.74) is 2.94. The summed E-state index contributed by atoms with van der Waals surface area (Å²) in [6.45, 7) is 2.56. The Balaban J connectivity index is 1.88. The van der Waals surface area contributed by atoms with Crippen molar-refractivity contribution in [3.05, 3.63) is 71.7 Å². The largest absolute Gasteiger partial charge is 0.268 e. The molecule has 0 saturated heterocycles. The summed E-state index contributed by atoms with van der Waals surface area (Å²) in [7, 11) is 0. The number of hydrogen-bond acceptors (Lipinski definition) is 2. The normalized spacial score (nSPS) is 10.8. The van der Waals surface area contributed by atoms with Crippen LogP contribution in [0.25, 0.3) is 11.3 Å². The first kappa shape index (κ1) is 13.4. The second-order valence-corrected chi connectivity index (χ2v) is 4.82. The van der Waals surface area contributed by atoms with Crippen LogP contribution >= 0.6 is 0 Å². The number of pyridine rings is 1. The van der Waals surface area contributed by atoms with E-state index in [9.17, 15) is 8.78 Å². The van der Waals surface area contributed by atoms with E-state index in [0.717, 1.165) is 17.2 Å². The molecule has 0 aliphatic heterocycles. The van der Waals surface area contributed by atoms with E-state index in [-0.39, 0.29) is 5.56 Å². The summed E-state index contributed by atoms with van der Waals surface area (Å²) >= 11 is 0. The fourth-order valence-electron chi connectivity index (χ4n) is 2.13. The minimum Gasteiger partial charge on any atom is -0.268 e. The number of halogens is 2. The standard InChI is InChI=1S/C16H13F2N3/c1-11-4-6-19-9-12(11)10-21-7-5-16(20-21)14-3-2-13(17)8-15(14)18/h2-9H,10H2,1H3. The predicted molar refractivity (Wildman–Crippen MR) is 75.7 cm³/mol. The molecule has 0 atom stereocenters. The summed E-state index contributed by atoms with van der Waals surface area (Å²) in [4.78, 5) is 4.09. The fraction of sp³-hybridized carbons (Fsp3) is 0.125. The molecule has 3 aromatic rings. The smallest absolute Gasteiger partial charge is 0.135 e. The first-order valence-electron chi connectivity index (χ1n) is 6.52. The van der Waals surface area contributed by atoms with Crippen LogP contribution in [0.15, 0.2) is 48.9 Å². The zero-order chi connectivity index (χ0) is 14.8. The van der Waals surface area contributed by atoms with Crippen LogP contribution in [0.4, 0.5) is 8.78 Å². The highest BCUT2D eigenvalue weighted by molar-refractivity contribution is 5.59. The average Bonchev–Trinajstić information content (AvgIpc) is 2.90. The third kappa shape index (κ3) is 2.81. The lowest BCUT2D eigenvalue weighted by Gasteiger charge is -2.05. The summed E-state index contributed by atoms with van der Waals surface area (Å²) in [6, 6.07) is 7.12.